The summed E-state index contributed by atoms with van der Waals surface area (Å²) in [6.45, 7) is 2.86. The van der Waals surface area contributed by atoms with Gasteiger partial charge in [0.1, 0.15) is 11.5 Å². The number of benzene rings is 3. The lowest BCUT2D eigenvalue weighted by Gasteiger charge is -2.38. The molecule has 0 saturated carbocycles. The van der Waals surface area contributed by atoms with Crippen molar-refractivity contribution < 1.29 is 4.39 Å². The molecule has 4 nitrogen and oxygen atoms in total. The maximum atomic E-state index is 13.3. The molecular weight excluding hydrogens is 413 g/mol. The summed E-state index contributed by atoms with van der Waals surface area (Å²) in [4.78, 5) is 20.6. The number of anilines is 2. The number of rotatable bonds is 3. The second kappa shape index (κ2) is 8.08. The van der Waals surface area contributed by atoms with E-state index in [0.29, 0.717) is 23.8 Å². The van der Waals surface area contributed by atoms with Crippen LogP contribution in [0, 0.1) is 5.82 Å². The lowest BCUT2D eigenvalue weighted by atomic mass is 9.98. The highest BCUT2D eigenvalue weighted by atomic mass is 35.5. The van der Waals surface area contributed by atoms with Crippen LogP contribution in [0.25, 0.3) is 22.0 Å². The number of piperazine rings is 1. The maximum Gasteiger partial charge on any atom is 0.272 e. The zero-order valence-corrected chi connectivity index (χ0v) is 17.6. The van der Waals surface area contributed by atoms with Crippen molar-refractivity contribution in [1.29, 1.82) is 0 Å². The van der Waals surface area contributed by atoms with Gasteiger partial charge in [0.25, 0.3) is 5.56 Å². The van der Waals surface area contributed by atoms with Crippen LogP contribution in [0.5, 0.6) is 0 Å². The Morgan fingerprint density at radius 3 is 2.23 bits per heavy atom. The van der Waals surface area contributed by atoms with E-state index in [2.05, 4.69) is 14.8 Å². The fraction of sp³-hybridized carbons (Fsp3) is 0.160. The standard InChI is InChI=1S/C25H21ClFN3O/c26-18-6-11-22-21(16-18)23(17-4-2-1-3-5-17)24(25(31)28-22)30-14-12-29(13-15-30)20-9-7-19(27)8-10-20/h1-11,16H,12-15H2,(H,28,31). The third-order valence-electron chi connectivity index (χ3n) is 5.80. The van der Waals surface area contributed by atoms with E-state index >= 15 is 0 Å². The van der Waals surface area contributed by atoms with E-state index in [1.165, 1.54) is 12.1 Å². The summed E-state index contributed by atoms with van der Waals surface area (Å²) in [6, 6.07) is 22.1. The highest BCUT2D eigenvalue weighted by molar-refractivity contribution is 6.31. The first kappa shape index (κ1) is 19.6. The van der Waals surface area contributed by atoms with Crippen LogP contribution < -0.4 is 15.4 Å². The van der Waals surface area contributed by atoms with Crippen LogP contribution in [-0.2, 0) is 0 Å². The fourth-order valence-corrected chi connectivity index (χ4v) is 4.47. The van der Waals surface area contributed by atoms with Crippen molar-refractivity contribution in [2.24, 2.45) is 0 Å². The molecule has 2 heterocycles. The second-order valence-corrected chi connectivity index (χ2v) is 8.12. The molecule has 1 aromatic heterocycles. The monoisotopic (exact) mass is 433 g/mol. The van der Waals surface area contributed by atoms with Crippen LogP contribution in [0.15, 0.2) is 77.6 Å². The third-order valence-corrected chi connectivity index (χ3v) is 6.04. The van der Waals surface area contributed by atoms with Crippen molar-refractivity contribution in [3.63, 3.8) is 0 Å². The van der Waals surface area contributed by atoms with Crippen LogP contribution in [0.1, 0.15) is 0 Å². The number of aromatic amines is 1. The zero-order chi connectivity index (χ0) is 21.4. The SMILES string of the molecule is O=c1[nH]c2ccc(Cl)cc2c(-c2ccccc2)c1N1CCN(c2ccc(F)cc2)CC1. The maximum absolute atomic E-state index is 13.3. The topological polar surface area (TPSA) is 39.3 Å². The number of nitrogens with one attached hydrogen (secondary N) is 1. The van der Waals surface area contributed by atoms with Gasteiger partial charge in [0.2, 0.25) is 0 Å². The highest BCUT2D eigenvalue weighted by Crippen LogP contribution is 2.36. The van der Waals surface area contributed by atoms with Gasteiger partial charge >= 0.3 is 0 Å². The van der Waals surface area contributed by atoms with E-state index in [0.717, 1.165) is 40.8 Å². The first-order valence-electron chi connectivity index (χ1n) is 10.3. The lowest BCUT2D eigenvalue weighted by Crippen LogP contribution is -2.48. The smallest absolute Gasteiger partial charge is 0.272 e. The lowest BCUT2D eigenvalue weighted by molar-refractivity contribution is 0.624. The number of H-pyrrole nitrogens is 1. The van der Waals surface area contributed by atoms with Gasteiger partial charge in [-0.25, -0.2) is 4.39 Å². The number of pyridine rings is 1. The average molecular weight is 434 g/mol. The normalized spacial score (nSPS) is 14.3. The van der Waals surface area contributed by atoms with E-state index in [1.807, 2.05) is 42.5 Å². The van der Waals surface area contributed by atoms with Gasteiger partial charge in [-0.15, -0.1) is 0 Å². The van der Waals surface area contributed by atoms with Crippen molar-refractivity contribution in [2.75, 3.05) is 36.0 Å². The van der Waals surface area contributed by atoms with Crippen molar-refractivity contribution in [1.82, 2.24) is 4.98 Å². The molecule has 31 heavy (non-hydrogen) atoms. The molecule has 1 saturated heterocycles. The summed E-state index contributed by atoms with van der Waals surface area (Å²) < 4.78 is 13.3. The molecule has 0 spiro atoms. The van der Waals surface area contributed by atoms with Gasteiger partial charge in [-0.1, -0.05) is 41.9 Å². The molecule has 4 aromatic rings. The minimum absolute atomic E-state index is 0.107. The van der Waals surface area contributed by atoms with Crippen LogP contribution in [-0.4, -0.2) is 31.2 Å². The molecule has 1 aliphatic heterocycles. The molecular formula is C25H21ClFN3O. The summed E-state index contributed by atoms with van der Waals surface area (Å²) >= 11 is 6.32. The van der Waals surface area contributed by atoms with Crippen LogP contribution in [0.4, 0.5) is 15.8 Å². The first-order chi connectivity index (χ1) is 15.1. The summed E-state index contributed by atoms with van der Waals surface area (Å²) in [6.07, 6.45) is 0. The number of nitrogens with zero attached hydrogens (tertiary/aromatic N) is 2. The summed E-state index contributed by atoms with van der Waals surface area (Å²) in [5.74, 6) is -0.240. The van der Waals surface area contributed by atoms with E-state index in [4.69, 9.17) is 11.6 Å². The summed E-state index contributed by atoms with van der Waals surface area (Å²) in [5.41, 5.74) is 4.20. The molecule has 1 fully saturated rings. The fourth-order valence-electron chi connectivity index (χ4n) is 4.29. The molecule has 0 unspecified atom stereocenters. The van der Waals surface area contributed by atoms with E-state index < -0.39 is 0 Å². The first-order valence-corrected chi connectivity index (χ1v) is 10.6. The number of halogens is 2. The molecule has 1 N–H and O–H groups in total. The minimum atomic E-state index is -0.240. The predicted molar refractivity (Wildman–Crippen MR) is 126 cm³/mol. The van der Waals surface area contributed by atoms with Gasteiger partial charge in [0, 0.05) is 53.4 Å². The van der Waals surface area contributed by atoms with E-state index in [1.54, 1.807) is 18.2 Å². The predicted octanol–water partition coefficient (Wildman–Crippen LogP) is 5.31. The van der Waals surface area contributed by atoms with Crippen molar-refractivity contribution in [3.8, 4) is 11.1 Å². The number of aromatic nitrogens is 1. The Bertz CT molecular complexity index is 1280. The number of hydrogen-bond donors (Lipinski definition) is 1. The van der Waals surface area contributed by atoms with Crippen molar-refractivity contribution in [3.05, 3.63) is 94.0 Å². The molecule has 5 rings (SSSR count). The summed E-state index contributed by atoms with van der Waals surface area (Å²) in [7, 11) is 0. The van der Waals surface area contributed by atoms with Crippen molar-refractivity contribution in [2.45, 2.75) is 0 Å². The molecule has 3 aromatic carbocycles. The molecule has 0 radical (unpaired) electrons. The average Bonchev–Trinajstić information content (AvgIpc) is 2.80. The Hall–Kier alpha value is -3.31. The molecule has 0 amide bonds. The number of hydrogen-bond acceptors (Lipinski definition) is 3. The minimum Gasteiger partial charge on any atom is -0.368 e. The Kier molecular flexibility index (Phi) is 5.12. The summed E-state index contributed by atoms with van der Waals surface area (Å²) in [5, 5.41) is 1.55. The molecule has 6 heteroatoms. The van der Waals surface area contributed by atoms with Crippen LogP contribution in [0.2, 0.25) is 5.02 Å². The Morgan fingerprint density at radius 2 is 1.52 bits per heavy atom. The molecule has 0 bridgehead atoms. The van der Waals surface area contributed by atoms with Gasteiger partial charge in [-0.2, -0.15) is 0 Å². The van der Waals surface area contributed by atoms with Gasteiger partial charge in [-0.05, 0) is 48.0 Å². The van der Waals surface area contributed by atoms with Gasteiger partial charge in [0.05, 0.1) is 0 Å². The van der Waals surface area contributed by atoms with E-state index in [9.17, 15) is 9.18 Å². The Balaban J connectivity index is 1.56. The zero-order valence-electron chi connectivity index (χ0n) is 16.8. The molecule has 156 valence electrons. The Morgan fingerprint density at radius 1 is 0.839 bits per heavy atom. The van der Waals surface area contributed by atoms with Gasteiger partial charge < -0.3 is 14.8 Å². The van der Waals surface area contributed by atoms with Crippen LogP contribution in [0.3, 0.4) is 0 Å². The van der Waals surface area contributed by atoms with E-state index in [-0.39, 0.29) is 11.4 Å². The molecule has 1 aliphatic rings. The van der Waals surface area contributed by atoms with Gasteiger partial charge in [-0.3, -0.25) is 4.79 Å². The molecule has 0 aliphatic carbocycles. The van der Waals surface area contributed by atoms with Crippen LogP contribution >= 0.6 is 11.6 Å². The third kappa shape index (κ3) is 3.77. The second-order valence-electron chi connectivity index (χ2n) is 7.68. The van der Waals surface area contributed by atoms with Crippen molar-refractivity contribution >= 4 is 33.9 Å². The highest BCUT2D eigenvalue weighted by Gasteiger charge is 2.24. The quantitative estimate of drug-likeness (QED) is 0.475. The number of fused-ring (bicyclic) bond motifs is 1. The Labute approximate surface area is 184 Å². The van der Waals surface area contributed by atoms with Gasteiger partial charge in [0.15, 0.2) is 0 Å². The molecule has 0 atom stereocenters. The largest absolute Gasteiger partial charge is 0.368 e.